The molecule has 2 N–H and O–H groups in total. The van der Waals surface area contributed by atoms with E-state index in [1.54, 1.807) is 0 Å². The van der Waals surface area contributed by atoms with Gasteiger partial charge in [0.25, 0.3) is 0 Å². The van der Waals surface area contributed by atoms with E-state index in [1.807, 2.05) is 0 Å². The lowest BCUT2D eigenvalue weighted by Gasteiger charge is -2.09. The van der Waals surface area contributed by atoms with Crippen molar-refractivity contribution in [1.82, 2.24) is 0 Å². The molecule has 1 aromatic carbocycles. The molecule has 0 spiro atoms. The molecule has 1 atom stereocenters. The number of aliphatic hydroxyl groups is 1. The first kappa shape index (κ1) is 10.7. The Labute approximate surface area is 85.2 Å². The Hall–Kier alpha value is -1.42. The highest BCUT2D eigenvalue weighted by Gasteiger charge is 2.12. The molecule has 0 heterocycles. The molecule has 5 nitrogen and oxygen atoms in total. The summed E-state index contributed by atoms with van der Waals surface area (Å²) in [5, 5.41) is 21.6. The number of benzene rings is 1. The van der Waals surface area contributed by atoms with Gasteiger partial charge in [0.1, 0.15) is 5.75 Å². The normalized spacial score (nSPS) is 11.9. The number of hydrogen-bond acceptors (Lipinski definition) is 3. The van der Waals surface area contributed by atoms with Crippen molar-refractivity contribution >= 4 is 11.6 Å². The molecule has 74 valence electrons. The van der Waals surface area contributed by atoms with Crippen molar-refractivity contribution in [2.75, 3.05) is 6.61 Å². The van der Waals surface area contributed by atoms with Gasteiger partial charge >= 0.3 is 0 Å². The predicted molar refractivity (Wildman–Crippen MR) is 52.1 cm³/mol. The maximum Gasteiger partial charge on any atom is 0.117 e. The lowest BCUT2D eigenvalue weighted by atomic mass is 10.1. The molecule has 0 saturated heterocycles. The van der Waals surface area contributed by atoms with E-state index in [1.165, 1.54) is 18.2 Å². The van der Waals surface area contributed by atoms with Crippen LogP contribution in [0.1, 0.15) is 11.6 Å². The number of phenolic OH excluding ortho intramolecular Hbond substituents is 1. The predicted octanol–water partition coefficient (Wildman–Crippen LogP) is 2.39. The van der Waals surface area contributed by atoms with Crippen LogP contribution in [0.15, 0.2) is 23.3 Å². The largest absolute Gasteiger partial charge is 0.508 e. The Kier molecular flexibility index (Phi) is 3.59. The van der Waals surface area contributed by atoms with Crippen LogP contribution in [0.4, 0.5) is 0 Å². The van der Waals surface area contributed by atoms with Gasteiger partial charge in [0, 0.05) is 9.93 Å². The van der Waals surface area contributed by atoms with Crippen molar-refractivity contribution in [3.8, 4) is 5.75 Å². The van der Waals surface area contributed by atoms with Gasteiger partial charge in [-0.2, -0.15) is 0 Å². The fraction of sp³-hybridized carbons (Fsp3) is 0.250. The van der Waals surface area contributed by atoms with E-state index in [9.17, 15) is 0 Å². The number of nitrogens with zero attached hydrogens (tertiary/aromatic N) is 3. The Morgan fingerprint density at radius 1 is 1.57 bits per heavy atom. The van der Waals surface area contributed by atoms with Crippen molar-refractivity contribution in [3.63, 3.8) is 0 Å². The van der Waals surface area contributed by atoms with Gasteiger partial charge in [0.2, 0.25) is 0 Å². The SMILES string of the molecule is [N-]=[N+]=NC(CO)c1ccc(O)cc1Cl. The fourth-order valence-electron chi connectivity index (χ4n) is 1.05. The number of phenols is 1. The number of rotatable bonds is 3. The molecule has 6 heteroatoms. The Balaban J connectivity index is 3.10. The second-order valence-corrected chi connectivity index (χ2v) is 3.02. The number of aliphatic hydroxyl groups excluding tert-OH is 1. The van der Waals surface area contributed by atoms with Gasteiger partial charge in [0.05, 0.1) is 12.6 Å². The van der Waals surface area contributed by atoms with Gasteiger partial charge in [-0.15, -0.1) is 0 Å². The number of hydrogen-bond donors (Lipinski definition) is 2. The molecule has 1 unspecified atom stereocenters. The zero-order valence-corrected chi connectivity index (χ0v) is 7.89. The minimum atomic E-state index is -0.715. The first-order valence-corrected chi connectivity index (χ1v) is 4.20. The van der Waals surface area contributed by atoms with Crippen LogP contribution in [0, 0.1) is 0 Å². The van der Waals surface area contributed by atoms with Gasteiger partial charge in [-0.3, -0.25) is 0 Å². The molecule has 0 fully saturated rings. The van der Waals surface area contributed by atoms with Gasteiger partial charge in [-0.1, -0.05) is 22.8 Å². The summed E-state index contributed by atoms with van der Waals surface area (Å²) in [6.07, 6.45) is 0. The average Bonchev–Trinajstić information content (AvgIpc) is 2.15. The summed E-state index contributed by atoms with van der Waals surface area (Å²) in [6, 6.07) is 3.53. The van der Waals surface area contributed by atoms with Gasteiger partial charge in [-0.05, 0) is 23.2 Å². The minimum absolute atomic E-state index is 0.0244. The van der Waals surface area contributed by atoms with Crippen LogP contribution >= 0.6 is 11.6 Å². The molecule has 0 aliphatic carbocycles. The highest BCUT2D eigenvalue weighted by Crippen LogP contribution is 2.28. The van der Waals surface area contributed by atoms with Crippen LogP contribution in [-0.2, 0) is 0 Å². The molecule has 1 aromatic rings. The van der Waals surface area contributed by atoms with Crippen LogP contribution in [-0.4, -0.2) is 16.8 Å². The number of azide groups is 1. The standard InChI is InChI=1S/C8H8ClN3O2/c9-7-3-5(14)1-2-6(7)8(4-13)11-12-10/h1-3,8,13-14H,4H2. The molecule has 0 aromatic heterocycles. The molecule has 0 bridgehead atoms. The lowest BCUT2D eigenvalue weighted by molar-refractivity contribution is 0.268. The van der Waals surface area contributed by atoms with E-state index in [-0.39, 0.29) is 17.4 Å². The lowest BCUT2D eigenvalue weighted by Crippen LogP contribution is -2.00. The first-order valence-electron chi connectivity index (χ1n) is 3.82. The Morgan fingerprint density at radius 3 is 2.79 bits per heavy atom. The van der Waals surface area contributed by atoms with Crippen molar-refractivity contribution < 1.29 is 10.2 Å². The smallest absolute Gasteiger partial charge is 0.117 e. The number of halogens is 1. The van der Waals surface area contributed by atoms with Crippen molar-refractivity contribution in [2.24, 2.45) is 5.11 Å². The van der Waals surface area contributed by atoms with E-state index in [0.29, 0.717) is 5.56 Å². The third kappa shape index (κ3) is 2.29. The zero-order valence-electron chi connectivity index (χ0n) is 7.13. The van der Waals surface area contributed by atoms with Crippen molar-refractivity contribution in [2.45, 2.75) is 6.04 Å². The highest BCUT2D eigenvalue weighted by molar-refractivity contribution is 6.31. The zero-order chi connectivity index (χ0) is 10.6. The second-order valence-electron chi connectivity index (χ2n) is 2.61. The summed E-state index contributed by atoms with van der Waals surface area (Å²) in [5.41, 5.74) is 8.72. The van der Waals surface area contributed by atoms with Crippen LogP contribution in [0.25, 0.3) is 10.4 Å². The average molecular weight is 214 g/mol. The number of aromatic hydroxyl groups is 1. The van der Waals surface area contributed by atoms with E-state index in [4.69, 9.17) is 27.3 Å². The molecule has 1 rings (SSSR count). The van der Waals surface area contributed by atoms with Gasteiger partial charge < -0.3 is 10.2 Å². The van der Waals surface area contributed by atoms with Crippen molar-refractivity contribution in [1.29, 1.82) is 0 Å². The van der Waals surface area contributed by atoms with E-state index < -0.39 is 6.04 Å². The molecule has 0 radical (unpaired) electrons. The summed E-state index contributed by atoms with van der Waals surface area (Å²) < 4.78 is 0. The molecular weight excluding hydrogens is 206 g/mol. The summed E-state index contributed by atoms with van der Waals surface area (Å²) in [6.45, 7) is -0.325. The Bertz CT molecular complexity index is 377. The maximum atomic E-state index is 9.07. The van der Waals surface area contributed by atoms with Gasteiger partial charge in [0.15, 0.2) is 0 Å². The molecule has 14 heavy (non-hydrogen) atoms. The summed E-state index contributed by atoms with van der Waals surface area (Å²) in [4.78, 5) is 2.59. The monoisotopic (exact) mass is 213 g/mol. The highest BCUT2D eigenvalue weighted by atomic mass is 35.5. The van der Waals surface area contributed by atoms with Crippen LogP contribution in [0.5, 0.6) is 5.75 Å². The maximum absolute atomic E-state index is 9.07. The fourth-order valence-corrected chi connectivity index (χ4v) is 1.35. The summed E-state index contributed by atoms with van der Waals surface area (Å²) in [5.74, 6) is 0.0244. The molecule has 0 amide bonds. The second kappa shape index (κ2) is 4.72. The minimum Gasteiger partial charge on any atom is -0.508 e. The van der Waals surface area contributed by atoms with Crippen LogP contribution < -0.4 is 0 Å². The van der Waals surface area contributed by atoms with E-state index in [0.717, 1.165) is 0 Å². The molecular formula is C8H8ClN3O2. The molecule has 0 saturated carbocycles. The van der Waals surface area contributed by atoms with Gasteiger partial charge in [-0.25, -0.2) is 0 Å². The molecule has 0 aliphatic rings. The quantitative estimate of drug-likeness (QED) is 0.459. The van der Waals surface area contributed by atoms with E-state index in [2.05, 4.69) is 10.0 Å². The Morgan fingerprint density at radius 2 is 2.29 bits per heavy atom. The van der Waals surface area contributed by atoms with Crippen LogP contribution in [0.3, 0.4) is 0 Å². The molecule has 0 aliphatic heterocycles. The van der Waals surface area contributed by atoms with Crippen molar-refractivity contribution in [3.05, 3.63) is 39.2 Å². The summed E-state index contributed by atoms with van der Waals surface area (Å²) >= 11 is 5.78. The third-order valence-corrected chi connectivity index (χ3v) is 2.03. The van der Waals surface area contributed by atoms with E-state index >= 15 is 0 Å². The van der Waals surface area contributed by atoms with Crippen LogP contribution in [0.2, 0.25) is 5.02 Å². The topological polar surface area (TPSA) is 89.2 Å². The summed E-state index contributed by atoms with van der Waals surface area (Å²) in [7, 11) is 0. The third-order valence-electron chi connectivity index (χ3n) is 1.71. The first-order chi connectivity index (χ1) is 6.69.